The SMILES string of the molecule is CCc1cc(CC(=O)C2(OC)CCCC(C)C2)n(C)n1. The number of hydrogen-bond acceptors (Lipinski definition) is 3. The molecule has 2 unspecified atom stereocenters. The number of carbonyl (C=O) groups excluding carboxylic acids is 1. The summed E-state index contributed by atoms with van der Waals surface area (Å²) in [5, 5.41) is 4.41. The van der Waals surface area contributed by atoms with Gasteiger partial charge in [-0.25, -0.2) is 0 Å². The zero-order chi connectivity index (χ0) is 14.8. The molecule has 1 saturated carbocycles. The summed E-state index contributed by atoms with van der Waals surface area (Å²) >= 11 is 0. The van der Waals surface area contributed by atoms with E-state index >= 15 is 0 Å². The van der Waals surface area contributed by atoms with Gasteiger partial charge in [-0.2, -0.15) is 5.10 Å². The van der Waals surface area contributed by atoms with Crippen molar-refractivity contribution in [1.82, 2.24) is 9.78 Å². The van der Waals surface area contributed by atoms with Crippen molar-refractivity contribution in [3.05, 3.63) is 17.5 Å². The minimum atomic E-state index is -0.575. The van der Waals surface area contributed by atoms with Crippen LogP contribution in [0.15, 0.2) is 6.07 Å². The largest absolute Gasteiger partial charge is 0.370 e. The van der Waals surface area contributed by atoms with Crippen LogP contribution in [0.3, 0.4) is 0 Å². The first-order chi connectivity index (χ1) is 9.50. The van der Waals surface area contributed by atoms with Gasteiger partial charge in [-0.3, -0.25) is 9.48 Å². The monoisotopic (exact) mass is 278 g/mol. The van der Waals surface area contributed by atoms with E-state index in [-0.39, 0.29) is 5.78 Å². The Kier molecular flexibility index (Phi) is 4.63. The van der Waals surface area contributed by atoms with Crippen LogP contribution in [0.4, 0.5) is 0 Å². The molecule has 1 aromatic heterocycles. The Hall–Kier alpha value is -1.16. The van der Waals surface area contributed by atoms with Crippen molar-refractivity contribution in [3.8, 4) is 0 Å². The predicted octanol–water partition coefficient (Wildman–Crippen LogP) is 2.69. The van der Waals surface area contributed by atoms with E-state index in [2.05, 4.69) is 18.9 Å². The minimum absolute atomic E-state index is 0.206. The second-order valence-electron chi connectivity index (χ2n) is 6.10. The van der Waals surface area contributed by atoms with Gasteiger partial charge in [0.1, 0.15) is 5.60 Å². The van der Waals surface area contributed by atoms with Crippen LogP contribution in [0.2, 0.25) is 0 Å². The number of aromatic nitrogens is 2. The van der Waals surface area contributed by atoms with Gasteiger partial charge in [0.2, 0.25) is 0 Å². The zero-order valence-electron chi connectivity index (χ0n) is 13.1. The van der Waals surface area contributed by atoms with Crippen LogP contribution >= 0.6 is 0 Å². The molecular weight excluding hydrogens is 252 g/mol. The van der Waals surface area contributed by atoms with Crippen LogP contribution in [0, 0.1) is 5.92 Å². The van der Waals surface area contributed by atoms with Crippen molar-refractivity contribution in [2.24, 2.45) is 13.0 Å². The number of nitrogens with zero attached hydrogens (tertiary/aromatic N) is 2. The van der Waals surface area contributed by atoms with Gasteiger partial charge >= 0.3 is 0 Å². The Balaban J connectivity index is 2.14. The van der Waals surface area contributed by atoms with Gasteiger partial charge in [-0.1, -0.05) is 20.3 Å². The molecule has 0 amide bonds. The molecule has 0 spiro atoms. The molecule has 1 aliphatic rings. The summed E-state index contributed by atoms with van der Waals surface area (Å²) in [6.07, 6.45) is 5.29. The van der Waals surface area contributed by atoms with E-state index in [4.69, 9.17) is 4.74 Å². The van der Waals surface area contributed by atoms with Crippen molar-refractivity contribution >= 4 is 5.78 Å². The second kappa shape index (κ2) is 6.08. The molecule has 20 heavy (non-hydrogen) atoms. The fraction of sp³-hybridized carbons (Fsp3) is 0.750. The van der Waals surface area contributed by atoms with Gasteiger partial charge in [0.15, 0.2) is 5.78 Å². The molecule has 2 rings (SSSR count). The topological polar surface area (TPSA) is 44.1 Å². The van der Waals surface area contributed by atoms with Crippen LogP contribution < -0.4 is 0 Å². The Morgan fingerprint density at radius 2 is 2.35 bits per heavy atom. The third kappa shape index (κ3) is 2.95. The molecule has 1 aliphatic carbocycles. The molecule has 4 nitrogen and oxygen atoms in total. The average molecular weight is 278 g/mol. The molecule has 1 fully saturated rings. The van der Waals surface area contributed by atoms with Crippen LogP contribution in [0.5, 0.6) is 0 Å². The Labute approximate surface area is 121 Å². The van der Waals surface area contributed by atoms with Gasteiger partial charge in [-0.05, 0) is 37.7 Å². The normalized spacial score (nSPS) is 26.7. The number of hydrogen-bond donors (Lipinski definition) is 0. The number of aryl methyl sites for hydroxylation is 2. The molecule has 1 heterocycles. The third-order valence-corrected chi connectivity index (χ3v) is 4.59. The maximum atomic E-state index is 12.7. The van der Waals surface area contributed by atoms with Gasteiger partial charge in [0, 0.05) is 19.9 Å². The highest BCUT2D eigenvalue weighted by Gasteiger charge is 2.41. The van der Waals surface area contributed by atoms with Gasteiger partial charge < -0.3 is 4.74 Å². The number of ketones is 1. The average Bonchev–Trinajstić information content (AvgIpc) is 2.79. The number of ether oxygens (including phenoxy) is 1. The number of methoxy groups -OCH3 is 1. The zero-order valence-corrected chi connectivity index (χ0v) is 13.1. The lowest BCUT2D eigenvalue weighted by atomic mass is 9.75. The van der Waals surface area contributed by atoms with Gasteiger partial charge in [-0.15, -0.1) is 0 Å². The van der Waals surface area contributed by atoms with Crippen molar-refractivity contribution in [1.29, 1.82) is 0 Å². The summed E-state index contributed by atoms with van der Waals surface area (Å²) < 4.78 is 7.50. The van der Waals surface area contributed by atoms with E-state index in [0.29, 0.717) is 12.3 Å². The molecule has 0 bridgehead atoms. The maximum Gasteiger partial charge on any atom is 0.170 e. The molecule has 0 aromatic carbocycles. The van der Waals surface area contributed by atoms with E-state index in [1.807, 2.05) is 17.8 Å². The summed E-state index contributed by atoms with van der Waals surface area (Å²) in [6.45, 7) is 4.28. The first-order valence-corrected chi connectivity index (χ1v) is 7.61. The van der Waals surface area contributed by atoms with Crippen molar-refractivity contribution in [2.45, 2.75) is 58.0 Å². The lowest BCUT2D eigenvalue weighted by Gasteiger charge is -2.37. The highest BCUT2D eigenvalue weighted by atomic mass is 16.5. The molecule has 112 valence electrons. The number of rotatable bonds is 5. The highest BCUT2D eigenvalue weighted by Crippen LogP contribution is 2.36. The Morgan fingerprint density at radius 1 is 1.60 bits per heavy atom. The van der Waals surface area contributed by atoms with Crippen LogP contribution in [-0.4, -0.2) is 28.3 Å². The molecule has 0 saturated heterocycles. The van der Waals surface area contributed by atoms with Gasteiger partial charge in [0.05, 0.1) is 12.1 Å². The van der Waals surface area contributed by atoms with Crippen LogP contribution in [-0.2, 0) is 29.4 Å². The van der Waals surface area contributed by atoms with E-state index in [1.165, 1.54) is 6.42 Å². The van der Waals surface area contributed by atoms with E-state index in [9.17, 15) is 4.79 Å². The molecule has 0 radical (unpaired) electrons. The fourth-order valence-electron chi connectivity index (χ4n) is 3.29. The third-order valence-electron chi connectivity index (χ3n) is 4.59. The quantitative estimate of drug-likeness (QED) is 0.831. The summed E-state index contributed by atoms with van der Waals surface area (Å²) in [6, 6.07) is 2.04. The maximum absolute atomic E-state index is 12.7. The summed E-state index contributed by atoms with van der Waals surface area (Å²) in [5.74, 6) is 0.766. The van der Waals surface area contributed by atoms with E-state index in [0.717, 1.165) is 37.1 Å². The lowest BCUT2D eigenvalue weighted by molar-refractivity contribution is -0.146. The summed E-state index contributed by atoms with van der Waals surface area (Å²) in [5.41, 5.74) is 1.45. The molecule has 2 atom stereocenters. The van der Waals surface area contributed by atoms with Crippen LogP contribution in [0.1, 0.15) is 50.9 Å². The van der Waals surface area contributed by atoms with E-state index in [1.54, 1.807) is 7.11 Å². The van der Waals surface area contributed by atoms with E-state index < -0.39 is 5.60 Å². The van der Waals surface area contributed by atoms with Crippen LogP contribution in [0.25, 0.3) is 0 Å². The predicted molar refractivity (Wildman–Crippen MR) is 78.7 cm³/mol. The number of carbonyl (C=O) groups is 1. The lowest BCUT2D eigenvalue weighted by Crippen LogP contribution is -2.45. The van der Waals surface area contributed by atoms with Crippen molar-refractivity contribution < 1.29 is 9.53 Å². The fourth-order valence-corrected chi connectivity index (χ4v) is 3.29. The first-order valence-electron chi connectivity index (χ1n) is 7.61. The minimum Gasteiger partial charge on any atom is -0.370 e. The standard InChI is InChI=1S/C16H26N2O2/c1-5-13-9-14(18(3)17-13)10-15(19)16(20-4)8-6-7-12(2)11-16/h9,12H,5-8,10-11H2,1-4H3. The highest BCUT2D eigenvalue weighted by molar-refractivity contribution is 5.89. The van der Waals surface area contributed by atoms with Crippen molar-refractivity contribution in [2.75, 3.05) is 7.11 Å². The van der Waals surface area contributed by atoms with Gasteiger partial charge in [0.25, 0.3) is 0 Å². The summed E-state index contributed by atoms with van der Waals surface area (Å²) in [7, 11) is 3.58. The number of Topliss-reactive ketones (excluding diaryl/α,β-unsaturated/α-hetero) is 1. The molecule has 4 heteroatoms. The molecule has 0 N–H and O–H groups in total. The Morgan fingerprint density at radius 3 is 2.90 bits per heavy atom. The summed E-state index contributed by atoms with van der Waals surface area (Å²) in [4.78, 5) is 12.7. The molecular formula is C16H26N2O2. The smallest absolute Gasteiger partial charge is 0.170 e. The Bertz CT molecular complexity index is 481. The molecule has 1 aromatic rings. The first kappa shape index (κ1) is 15.2. The molecule has 0 aliphatic heterocycles. The van der Waals surface area contributed by atoms with Crippen molar-refractivity contribution in [3.63, 3.8) is 0 Å². The second-order valence-corrected chi connectivity index (χ2v) is 6.10.